The summed E-state index contributed by atoms with van der Waals surface area (Å²) in [5.41, 5.74) is 0.481. The van der Waals surface area contributed by atoms with E-state index < -0.39 is 24.0 Å². The molecule has 1 aromatic rings. The summed E-state index contributed by atoms with van der Waals surface area (Å²) in [6.45, 7) is 0.352. The molecule has 0 saturated carbocycles. The number of hydrogen-bond donors (Lipinski definition) is 2. The van der Waals surface area contributed by atoms with Crippen molar-refractivity contribution in [2.45, 2.75) is 12.1 Å². The van der Waals surface area contributed by atoms with Gasteiger partial charge in [-0.05, 0) is 5.56 Å². The Morgan fingerprint density at radius 2 is 2.00 bits per heavy atom. The average Bonchev–Trinajstić information content (AvgIpc) is 2.46. The molecule has 0 spiro atoms. The van der Waals surface area contributed by atoms with Crippen LogP contribution in [0.1, 0.15) is 11.7 Å². The summed E-state index contributed by atoms with van der Waals surface area (Å²) in [6.07, 6.45) is -1.30. The highest BCUT2D eigenvalue weighted by molar-refractivity contribution is 7.99. The summed E-state index contributed by atoms with van der Waals surface area (Å²) in [5.74, 6) is -0.515. The largest absolute Gasteiger partial charge is 0.480 e. The number of aliphatic hydroxyl groups excluding tert-OH is 1. The summed E-state index contributed by atoms with van der Waals surface area (Å²) in [4.78, 5) is 24.6. The van der Waals surface area contributed by atoms with E-state index in [1.807, 2.05) is 0 Å². The van der Waals surface area contributed by atoms with Crippen LogP contribution in [0.2, 0.25) is 0 Å². The molecule has 5 nitrogen and oxygen atoms in total. The Morgan fingerprint density at radius 3 is 2.63 bits per heavy atom. The molecule has 1 saturated heterocycles. The minimum atomic E-state index is -1.30. The van der Waals surface area contributed by atoms with Crippen LogP contribution in [-0.4, -0.2) is 51.1 Å². The van der Waals surface area contributed by atoms with E-state index in [0.717, 1.165) is 0 Å². The minimum Gasteiger partial charge on any atom is -0.480 e. The third kappa shape index (κ3) is 3.08. The summed E-state index contributed by atoms with van der Waals surface area (Å²) in [7, 11) is 0. The first kappa shape index (κ1) is 13.9. The first-order chi connectivity index (χ1) is 9.11. The molecule has 1 amide bonds. The number of thioether (sulfide) groups is 1. The van der Waals surface area contributed by atoms with E-state index in [9.17, 15) is 14.7 Å². The van der Waals surface area contributed by atoms with Crippen LogP contribution in [0.5, 0.6) is 0 Å². The molecule has 1 aliphatic rings. The van der Waals surface area contributed by atoms with Gasteiger partial charge in [-0.1, -0.05) is 30.3 Å². The lowest BCUT2D eigenvalue weighted by atomic mass is 10.1. The van der Waals surface area contributed by atoms with Gasteiger partial charge in [-0.25, -0.2) is 4.79 Å². The number of aliphatic carboxylic acids is 1. The maximum atomic E-state index is 12.2. The van der Waals surface area contributed by atoms with Crippen molar-refractivity contribution in [3.05, 3.63) is 35.9 Å². The zero-order valence-electron chi connectivity index (χ0n) is 10.2. The third-order valence-corrected chi connectivity index (χ3v) is 4.07. The highest BCUT2D eigenvalue weighted by Gasteiger charge is 2.35. The van der Waals surface area contributed by atoms with Gasteiger partial charge in [0.05, 0.1) is 0 Å². The van der Waals surface area contributed by atoms with Crippen molar-refractivity contribution >= 4 is 23.6 Å². The van der Waals surface area contributed by atoms with Crippen LogP contribution < -0.4 is 0 Å². The van der Waals surface area contributed by atoms with Crippen molar-refractivity contribution in [3.63, 3.8) is 0 Å². The number of hydrogen-bond acceptors (Lipinski definition) is 4. The fourth-order valence-corrected chi connectivity index (χ4v) is 3.05. The molecule has 1 aliphatic heterocycles. The molecule has 1 fully saturated rings. The standard InChI is InChI=1S/C13H15NO4S/c15-11(9-4-2-1-3-5-9)12(16)14-6-7-19-8-10(14)13(17)18/h1-5,10-11,15H,6-8H2,(H,17,18). The fourth-order valence-electron chi connectivity index (χ4n) is 2.01. The monoisotopic (exact) mass is 281 g/mol. The summed E-state index contributed by atoms with van der Waals surface area (Å²) in [5, 5.41) is 19.2. The van der Waals surface area contributed by atoms with E-state index >= 15 is 0 Å². The van der Waals surface area contributed by atoms with Crippen molar-refractivity contribution in [2.75, 3.05) is 18.1 Å². The van der Waals surface area contributed by atoms with Crippen LogP contribution >= 0.6 is 11.8 Å². The number of aliphatic hydroxyl groups is 1. The molecule has 1 heterocycles. The highest BCUT2D eigenvalue weighted by atomic mass is 32.2. The quantitative estimate of drug-likeness (QED) is 0.855. The Morgan fingerprint density at radius 1 is 1.32 bits per heavy atom. The van der Waals surface area contributed by atoms with Gasteiger partial charge in [-0.3, -0.25) is 4.79 Å². The molecule has 2 atom stereocenters. The van der Waals surface area contributed by atoms with Gasteiger partial charge in [0.15, 0.2) is 6.10 Å². The van der Waals surface area contributed by atoms with Crippen molar-refractivity contribution in [1.29, 1.82) is 0 Å². The van der Waals surface area contributed by atoms with Gasteiger partial charge < -0.3 is 15.1 Å². The molecule has 2 rings (SSSR count). The summed E-state index contributed by atoms with van der Waals surface area (Å²) in [6, 6.07) is 7.69. The van der Waals surface area contributed by atoms with Gasteiger partial charge in [0.1, 0.15) is 6.04 Å². The minimum absolute atomic E-state index is 0.352. The fraction of sp³-hybridized carbons (Fsp3) is 0.385. The van der Waals surface area contributed by atoms with Crippen LogP contribution in [0, 0.1) is 0 Å². The Kier molecular flexibility index (Phi) is 4.44. The number of carbonyl (C=O) groups is 2. The lowest BCUT2D eigenvalue weighted by molar-refractivity contribution is -0.153. The van der Waals surface area contributed by atoms with Crippen molar-refractivity contribution < 1.29 is 19.8 Å². The van der Waals surface area contributed by atoms with Crippen LogP contribution in [0.3, 0.4) is 0 Å². The van der Waals surface area contributed by atoms with E-state index in [0.29, 0.717) is 23.6 Å². The van der Waals surface area contributed by atoms with Crippen LogP contribution in [0.4, 0.5) is 0 Å². The van der Waals surface area contributed by atoms with Crippen molar-refractivity contribution in [1.82, 2.24) is 4.90 Å². The lowest BCUT2D eigenvalue weighted by Gasteiger charge is -2.34. The molecule has 0 bridgehead atoms. The maximum Gasteiger partial charge on any atom is 0.327 e. The average molecular weight is 281 g/mol. The van der Waals surface area contributed by atoms with Gasteiger partial charge in [0, 0.05) is 18.1 Å². The molecule has 19 heavy (non-hydrogen) atoms. The van der Waals surface area contributed by atoms with Crippen LogP contribution in [0.25, 0.3) is 0 Å². The topological polar surface area (TPSA) is 77.8 Å². The molecule has 0 radical (unpaired) electrons. The van der Waals surface area contributed by atoms with E-state index in [4.69, 9.17) is 5.11 Å². The SMILES string of the molecule is O=C(O)C1CSCCN1C(=O)C(O)c1ccccc1. The van der Waals surface area contributed by atoms with E-state index in [1.54, 1.807) is 30.3 Å². The van der Waals surface area contributed by atoms with Crippen molar-refractivity contribution in [2.24, 2.45) is 0 Å². The van der Waals surface area contributed by atoms with Gasteiger partial charge in [-0.2, -0.15) is 11.8 Å². The zero-order valence-corrected chi connectivity index (χ0v) is 11.0. The molecule has 102 valence electrons. The van der Waals surface area contributed by atoms with E-state index in [1.165, 1.54) is 16.7 Å². The number of rotatable bonds is 3. The van der Waals surface area contributed by atoms with Gasteiger partial charge in [0.2, 0.25) is 0 Å². The Hall–Kier alpha value is -1.53. The second-order valence-corrected chi connectivity index (χ2v) is 5.42. The summed E-state index contributed by atoms with van der Waals surface area (Å²) < 4.78 is 0. The molecular weight excluding hydrogens is 266 g/mol. The predicted octanol–water partition coefficient (Wildman–Crippen LogP) is 0.749. The second kappa shape index (κ2) is 6.08. The number of carbonyl (C=O) groups excluding carboxylic acids is 1. The molecule has 0 aromatic heterocycles. The molecule has 1 aromatic carbocycles. The third-order valence-electron chi connectivity index (χ3n) is 3.05. The number of carboxylic acids is 1. The molecule has 2 unspecified atom stereocenters. The number of nitrogens with zero attached hydrogens (tertiary/aromatic N) is 1. The first-order valence-electron chi connectivity index (χ1n) is 5.95. The Bertz CT molecular complexity index is 465. The van der Waals surface area contributed by atoms with Gasteiger partial charge in [-0.15, -0.1) is 0 Å². The Labute approximate surface area is 115 Å². The molecule has 6 heteroatoms. The summed E-state index contributed by atoms with van der Waals surface area (Å²) >= 11 is 1.50. The number of amides is 1. The number of benzene rings is 1. The van der Waals surface area contributed by atoms with Gasteiger partial charge >= 0.3 is 5.97 Å². The normalized spacial score (nSPS) is 20.9. The van der Waals surface area contributed by atoms with E-state index in [2.05, 4.69) is 0 Å². The van der Waals surface area contributed by atoms with Crippen molar-refractivity contribution in [3.8, 4) is 0 Å². The van der Waals surface area contributed by atoms with Gasteiger partial charge in [0.25, 0.3) is 5.91 Å². The maximum absolute atomic E-state index is 12.2. The highest BCUT2D eigenvalue weighted by Crippen LogP contribution is 2.22. The molecule has 0 aliphatic carbocycles. The molecule has 2 N–H and O–H groups in total. The lowest BCUT2D eigenvalue weighted by Crippen LogP contribution is -2.51. The van der Waals surface area contributed by atoms with Crippen LogP contribution in [-0.2, 0) is 9.59 Å². The second-order valence-electron chi connectivity index (χ2n) is 4.27. The number of carboxylic acid groups (broad SMARTS) is 1. The molecular formula is C13H15NO4S. The Balaban J connectivity index is 2.15. The first-order valence-corrected chi connectivity index (χ1v) is 7.11. The predicted molar refractivity (Wildman–Crippen MR) is 71.9 cm³/mol. The van der Waals surface area contributed by atoms with E-state index in [-0.39, 0.29) is 0 Å². The zero-order chi connectivity index (χ0) is 13.8. The smallest absolute Gasteiger partial charge is 0.327 e. The van der Waals surface area contributed by atoms with Crippen LogP contribution in [0.15, 0.2) is 30.3 Å².